The predicted octanol–water partition coefficient (Wildman–Crippen LogP) is 18.9. The standard InChI is InChI=1S/C46H98FO3PS2/c1-7-13-19-25-31-37-43-52(41-35-29-23-17-11-5,44-38-32-26-20-14-8-2)49-51(47,48)50-53(42-36-30-24-18-12-6,45-39-33-27-21-15-9-3)46-40-34-28-22-16-10-4/h7-46H2,1-6H3. The number of hydrogen-bond acceptors (Lipinski definition) is 3. The summed E-state index contributed by atoms with van der Waals surface area (Å²) in [6.07, 6.45) is 41.0. The summed E-state index contributed by atoms with van der Waals surface area (Å²) in [6.45, 7) is 13.6. The molecule has 0 aromatic rings. The normalized spacial score (nSPS) is 13.3. The molecule has 0 amide bonds. The molecule has 0 fully saturated rings. The Balaban J connectivity index is 6.37. The molecule has 0 heterocycles. The highest BCUT2D eigenvalue weighted by atomic mass is 32.3. The van der Waals surface area contributed by atoms with Gasteiger partial charge in [0.15, 0.2) is 0 Å². The summed E-state index contributed by atoms with van der Waals surface area (Å²) < 4.78 is 45.1. The molecule has 0 radical (unpaired) electrons. The van der Waals surface area contributed by atoms with E-state index in [4.69, 9.17) is 7.94 Å². The minimum absolute atomic E-state index is 0.895. The lowest BCUT2D eigenvalue weighted by Crippen LogP contribution is -2.20. The van der Waals surface area contributed by atoms with Gasteiger partial charge in [0.1, 0.15) is 0 Å². The van der Waals surface area contributed by atoms with Gasteiger partial charge in [0.2, 0.25) is 0 Å². The highest BCUT2D eigenvalue weighted by Gasteiger charge is 2.42. The van der Waals surface area contributed by atoms with Crippen LogP contribution < -0.4 is 0 Å². The number of halogens is 1. The van der Waals surface area contributed by atoms with Crippen LogP contribution in [0.2, 0.25) is 0 Å². The monoisotopic (exact) mass is 813 g/mol. The lowest BCUT2D eigenvalue weighted by atomic mass is 10.1. The largest absolute Gasteiger partial charge is 0.532 e. The third-order valence-corrected chi connectivity index (χ3v) is 21.4. The van der Waals surface area contributed by atoms with Gasteiger partial charge in [0, 0.05) is 0 Å². The molecule has 0 saturated carbocycles. The molecule has 0 aliphatic rings. The Labute approximate surface area is 338 Å². The van der Waals surface area contributed by atoms with Crippen molar-refractivity contribution >= 4 is 28.5 Å². The van der Waals surface area contributed by atoms with E-state index >= 15 is 4.20 Å². The van der Waals surface area contributed by atoms with Crippen LogP contribution in [0.25, 0.3) is 0 Å². The van der Waals surface area contributed by atoms with Crippen molar-refractivity contribution in [2.24, 2.45) is 0 Å². The Morgan fingerprint density at radius 2 is 0.453 bits per heavy atom. The van der Waals surface area contributed by atoms with E-state index in [-0.39, 0.29) is 0 Å². The van der Waals surface area contributed by atoms with Crippen molar-refractivity contribution in [1.29, 1.82) is 0 Å². The third kappa shape index (κ3) is 32.4. The van der Waals surface area contributed by atoms with Crippen LogP contribution in [0.3, 0.4) is 0 Å². The lowest BCUT2D eigenvalue weighted by molar-refractivity contribution is 0.363. The van der Waals surface area contributed by atoms with E-state index in [1.807, 2.05) is 0 Å². The van der Waals surface area contributed by atoms with Crippen LogP contribution in [-0.4, -0.2) is 34.5 Å². The van der Waals surface area contributed by atoms with Gasteiger partial charge < -0.3 is 0 Å². The number of rotatable bonds is 44. The molecule has 0 bridgehead atoms. The zero-order valence-electron chi connectivity index (χ0n) is 37.2. The zero-order chi connectivity index (χ0) is 39.2. The first-order chi connectivity index (χ1) is 25.8. The van der Waals surface area contributed by atoms with Crippen molar-refractivity contribution in [3.8, 4) is 0 Å². The second kappa shape index (κ2) is 38.3. The van der Waals surface area contributed by atoms with Crippen LogP contribution in [-0.2, 0) is 12.5 Å². The average molecular weight is 813 g/mol. The Bertz CT molecular complexity index is 709. The molecule has 0 saturated heterocycles. The van der Waals surface area contributed by atoms with Crippen LogP contribution in [0.15, 0.2) is 0 Å². The molecule has 0 atom stereocenters. The first-order valence-corrected chi connectivity index (χ1v) is 29.6. The van der Waals surface area contributed by atoms with Crippen molar-refractivity contribution < 1.29 is 16.7 Å². The summed E-state index contributed by atoms with van der Waals surface area (Å²) in [5.41, 5.74) is 0. The fourth-order valence-electron chi connectivity index (χ4n) is 7.75. The molecular weight excluding hydrogens is 715 g/mol. The number of unbranched alkanes of at least 4 members (excludes halogenated alkanes) is 28. The van der Waals surface area contributed by atoms with E-state index in [9.17, 15) is 4.57 Å². The minimum atomic E-state index is -4.75. The highest BCUT2D eigenvalue weighted by molar-refractivity contribution is 8.33. The third-order valence-electron chi connectivity index (χ3n) is 11.2. The van der Waals surface area contributed by atoms with Crippen molar-refractivity contribution in [2.45, 2.75) is 260 Å². The van der Waals surface area contributed by atoms with Gasteiger partial charge in [-0.25, -0.2) is 12.5 Å². The maximum Gasteiger partial charge on any atom is 0.532 e. The summed E-state index contributed by atoms with van der Waals surface area (Å²) in [5.74, 6) is 5.37. The molecule has 0 aromatic carbocycles. The molecule has 3 nitrogen and oxygen atoms in total. The van der Waals surface area contributed by atoms with Crippen LogP contribution in [0.5, 0.6) is 0 Å². The van der Waals surface area contributed by atoms with Gasteiger partial charge in [-0.05, 0) is 73.0 Å². The van der Waals surface area contributed by atoms with Gasteiger partial charge >= 0.3 is 7.91 Å². The van der Waals surface area contributed by atoms with E-state index < -0.39 is 28.5 Å². The first-order valence-electron chi connectivity index (χ1n) is 24.0. The molecule has 0 unspecified atom stereocenters. The molecule has 0 rings (SSSR count). The Kier molecular flexibility index (Phi) is 38.9. The zero-order valence-corrected chi connectivity index (χ0v) is 39.7. The van der Waals surface area contributed by atoms with E-state index in [0.29, 0.717) is 0 Å². The molecule has 0 aliphatic heterocycles. The second-order valence-electron chi connectivity index (χ2n) is 16.6. The van der Waals surface area contributed by atoms with E-state index in [2.05, 4.69) is 41.5 Å². The summed E-state index contributed by atoms with van der Waals surface area (Å²) >= 11 is 0. The summed E-state index contributed by atoms with van der Waals surface area (Å²) in [7, 11) is -8.45. The highest BCUT2D eigenvalue weighted by Crippen LogP contribution is 2.73. The van der Waals surface area contributed by atoms with Crippen molar-refractivity contribution in [3.05, 3.63) is 0 Å². The fraction of sp³-hybridized carbons (Fsp3) is 1.00. The molecule has 0 aliphatic carbocycles. The van der Waals surface area contributed by atoms with Crippen LogP contribution in [0, 0.1) is 0 Å². The minimum Gasteiger partial charge on any atom is -0.233 e. The summed E-state index contributed by atoms with van der Waals surface area (Å²) in [5, 5.41) is 0. The molecule has 7 heteroatoms. The maximum absolute atomic E-state index is 17.2. The number of hydrogen-bond donors (Lipinski definition) is 0. The molecule has 53 heavy (non-hydrogen) atoms. The smallest absolute Gasteiger partial charge is 0.233 e. The average Bonchev–Trinajstić information content (AvgIpc) is 3.13. The van der Waals surface area contributed by atoms with Gasteiger partial charge in [-0.15, -0.1) is 24.8 Å². The Morgan fingerprint density at radius 3 is 0.623 bits per heavy atom. The van der Waals surface area contributed by atoms with Crippen LogP contribution >= 0.6 is 28.5 Å². The Hall–Kier alpha value is 0.780. The van der Waals surface area contributed by atoms with Gasteiger partial charge in [-0.1, -0.05) is 221 Å². The van der Waals surface area contributed by atoms with E-state index in [0.717, 1.165) is 73.0 Å². The molecule has 0 N–H and O–H groups in total. The quantitative estimate of drug-likeness (QED) is 0.0454. The first kappa shape index (κ1) is 53.8. The molecule has 0 aromatic heterocycles. The SMILES string of the molecule is CCCCCCCCS(CCCCCCC)(CCCCCCCC)OP(=O)(F)OS(CCCCCCC)(CCCCCCCC)CCCCCCCC. The Morgan fingerprint density at radius 1 is 0.302 bits per heavy atom. The molecule has 0 spiro atoms. The van der Waals surface area contributed by atoms with Gasteiger partial charge in [0.25, 0.3) is 0 Å². The summed E-state index contributed by atoms with van der Waals surface area (Å²) in [6, 6.07) is 0. The van der Waals surface area contributed by atoms with Crippen molar-refractivity contribution in [2.75, 3.05) is 34.5 Å². The van der Waals surface area contributed by atoms with Crippen LogP contribution in [0.1, 0.15) is 260 Å². The van der Waals surface area contributed by atoms with Gasteiger partial charge in [-0.2, -0.15) is 0 Å². The second-order valence-corrected chi connectivity index (χ2v) is 25.0. The lowest BCUT2D eigenvalue weighted by Gasteiger charge is -2.44. The van der Waals surface area contributed by atoms with Gasteiger partial charge in [0.05, 0.1) is 0 Å². The maximum atomic E-state index is 17.2. The van der Waals surface area contributed by atoms with E-state index in [1.165, 1.54) is 180 Å². The van der Waals surface area contributed by atoms with Crippen molar-refractivity contribution in [1.82, 2.24) is 0 Å². The van der Waals surface area contributed by atoms with Gasteiger partial charge in [-0.3, -0.25) is 0 Å². The predicted molar refractivity (Wildman–Crippen MR) is 246 cm³/mol. The van der Waals surface area contributed by atoms with E-state index in [1.54, 1.807) is 0 Å². The van der Waals surface area contributed by atoms with Crippen molar-refractivity contribution in [3.63, 3.8) is 0 Å². The summed E-state index contributed by atoms with van der Waals surface area (Å²) in [4.78, 5) is 0. The fourth-order valence-corrected chi connectivity index (χ4v) is 18.5. The molecule has 324 valence electrons. The molecular formula is C46H98FO3PS2. The topological polar surface area (TPSA) is 35.5 Å². The van der Waals surface area contributed by atoms with Crippen LogP contribution in [0.4, 0.5) is 4.20 Å².